The van der Waals surface area contributed by atoms with Crippen LogP contribution < -0.4 is 9.47 Å². The highest BCUT2D eigenvalue weighted by atomic mass is 16.5. The molecule has 33 heavy (non-hydrogen) atoms. The predicted molar refractivity (Wildman–Crippen MR) is 127 cm³/mol. The Bertz CT molecular complexity index is 1240. The van der Waals surface area contributed by atoms with Crippen molar-refractivity contribution in [3.8, 4) is 11.5 Å². The van der Waals surface area contributed by atoms with Gasteiger partial charge in [0.25, 0.3) is 11.7 Å². The number of Topliss-reactive ketones (excluding diaryl/α,β-unsaturated/α-hetero) is 1. The summed E-state index contributed by atoms with van der Waals surface area (Å²) in [4.78, 5) is 28.0. The number of aliphatic hydroxyl groups is 1. The standard InChI is InChI=1S/C27H27NO5/c1-4-5-15-28-24(20-12-8-10-17-9-6-7-11-19(17)20)23(26(30)27(28)31)25(29)21-16-18(32-2)13-14-22(21)33-3/h6-14,16,24,29H,4-5,15H2,1-3H3/b25-23+. The van der Waals surface area contributed by atoms with Crippen molar-refractivity contribution < 1.29 is 24.2 Å². The summed E-state index contributed by atoms with van der Waals surface area (Å²) in [5.41, 5.74) is 1.15. The first-order valence-corrected chi connectivity index (χ1v) is 11.0. The van der Waals surface area contributed by atoms with Gasteiger partial charge in [0, 0.05) is 6.54 Å². The minimum Gasteiger partial charge on any atom is -0.507 e. The molecule has 1 saturated heterocycles. The molecule has 170 valence electrons. The second-order valence-corrected chi connectivity index (χ2v) is 7.98. The highest BCUT2D eigenvalue weighted by Crippen LogP contribution is 2.43. The van der Waals surface area contributed by atoms with E-state index in [1.165, 1.54) is 14.2 Å². The molecule has 1 N–H and O–H groups in total. The van der Waals surface area contributed by atoms with Crippen molar-refractivity contribution in [3.05, 3.63) is 77.4 Å². The third kappa shape index (κ3) is 3.93. The van der Waals surface area contributed by atoms with Gasteiger partial charge in [-0.1, -0.05) is 55.8 Å². The molecule has 1 aliphatic heterocycles. The van der Waals surface area contributed by atoms with E-state index < -0.39 is 17.7 Å². The van der Waals surface area contributed by atoms with E-state index in [1.807, 2.05) is 49.4 Å². The zero-order valence-electron chi connectivity index (χ0n) is 19.0. The summed E-state index contributed by atoms with van der Waals surface area (Å²) in [6.07, 6.45) is 1.62. The summed E-state index contributed by atoms with van der Waals surface area (Å²) in [7, 11) is 3.01. The molecule has 1 aliphatic rings. The number of nitrogens with zero attached hydrogens (tertiary/aromatic N) is 1. The van der Waals surface area contributed by atoms with Crippen LogP contribution in [0.25, 0.3) is 16.5 Å². The molecule has 1 unspecified atom stereocenters. The van der Waals surface area contributed by atoms with Gasteiger partial charge in [0.2, 0.25) is 0 Å². The van der Waals surface area contributed by atoms with Crippen LogP contribution in [0.4, 0.5) is 0 Å². The van der Waals surface area contributed by atoms with Crippen molar-refractivity contribution in [2.75, 3.05) is 20.8 Å². The first-order chi connectivity index (χ1) is 16.0. The molecule has 0 bridgehead atoms. The molecule has 0 aromatic heterocycles. The zero-order chi connectivity index (χ0) is 23.5. The van der Waals surface area contributed by atoms with E-state index in [2.05, 4.69) is 0 Å². The largest absolute Gasteiger partial charge is 0.507 e. The molecule has 1 amide bonds. The van der Waals surface area contributed by atoms with Gasteiger partial charge in [-0.15, -0.1) is 0 Å². The lowest BCUT2D eigenvalue weighted by molar-refractivity contribution is -0.139. The third-order valence-electron chi connectivity index (χ3n) is 6.07. The maximum Gasteiger partial charge on any atom is 0.295 e. The highest BCUT2D eigenvalue weighted by Gasteiger charge is 2.46. The average molecular weight is 446 g/mol. The first kappa shape index (κ1) is 22.4. The lowest BCUT2D eigenvalue weighted by Gasteiger charge is -2.26. The zero-order valence-corrected chi connectivity index (χ0v) is 19.0. The van der Waals surface area contributed by atoms with Gasteiger partial charge in [-0.05, 0) is 41.0 Å². The quantitative estimate of drug-likeness (QED) is 0.312. The van der Waals surface area contributed by atoms with Crippen molar-refractivity contribution in [3.63, 3.8) is 0 Å². The number of hydrogen-bond donors (Lipinski definition) is 1. The van der Waals surface area contributed by atoms with Crippen LogP contribution in [-0.4, -0.2) is 42.5 Å². The molecular formula is C27H27NO5. The summed E-state index contributed by atoms with van der Waals surface area (Å²) in [5, 5.41) is 13.4. The van der Waals surface area contributed by atoms with Crippen molar-refractivity contribution in [2.24, 2.45) is 0 Å². The Hall–Kier alpha value is -3.80. The van der Waals surface area contributed by atoms with Crippen LogP contribution in [0.5, 0.6) is 11.5 Å². The lowest BCUT2D eigenvalue weighted by Crippen LogP contribution is -2.30. The molecule has 3 aromatic carbocycles. The number of rotatable bonds is 7. The van der Waals surface area contributed by atoms with E-state index in [0.29, 0.717) is 23.6 Å². The molecule has 0 radical (unpaired) electrons. The number of ketones is 1. The number of carbonyl (C=O) groups is 2. The Labute approximate surface area is 193 Å². The van der Waals surface area contributed by atoms with Crippen LogP contribution in [0, 0.1) is 0 Å². The Morgan fingerprint density at radius 3 is 2.48 bits per heavy atom. The summed E-state index contributed by atoms with van der Waals surface area (Å²) < 4.78 is 10.7. The number of unbranched alkanes of at least 4 members (excludes halogenated alkanes) is 1. The van der Waals surface area contributed by atoms with Crippen LogP contribution in [0.1, 0.15) is 36.9 Å². The molecule has 3 aromatic rings. The van der Waals surface area contributed by atoms with Crippen LogP contribution in [0.3, 0.4) is 0 Å². The number of amides is 1. The topological polar surface area (TPSA) is 76.1 Å². The molecule has 6 heteroatoms. The smallest absolute Gasteiger partial charge is 0.295 e. The van der Waals surface area contributed by atoms with E-state index >= 15 is 0 Å². The minimum absolute atomic E-state index is 0.0546. The van der Waals surface area contributed by atoms with Crippen molar-refractivity contribution in [1.82, 2.24) is 4.90 Å². The monoisotopic (exact) mass is 445 g/mol. The number of ether oxygens (including phenoxy) is 2. The predicted octanol–water partition coefficient (Wildman–Crippen LogP) is 5.08. The fraction of sp³-hybridized carbons (Fsp3) is 0.259. The highest BCUT2D eigenvalue weighted by molar-refractivity contribution is 6.46. The SMILES string of the molecule is CCCCN1C(=O)C(=O)/C(=C(/O)c2cc(OC)ccc2OC)C1c1cccc2ccccc12. The fourth-order valence-corrected chi connectivity index (χ4v) is 4.40. The Kier molecular flexibility index (Phi) is 6.36. The van der Waals surface area contributed by atoms with Crippen molar-refractivity contribution in [1.29, 1.82) is 0 Å². The summed E-state index contributed by atoms with van der Waals surface area (Å²) in [6.45, 7) is 2.45. The number of hydrogen-bond acceptors (Lipinski definition) is 5. The molecule has 1 heterocycles. The molecule has 4 rings (SSSR count). The number of fused-ring (bicyclic) bond motifs is 1. The van der Waals surface area contributed by atoms with Gasteiger partial charge < -0.3 is 19.5 Å². The summed E-state index contributed by atoms with van der Waals surface area (Å²) in [5.74, 6) is -0.707. The van der Waals surface area contributed by atoms with Crippen LogP contribution in [0.15, 0.2) is 66.2 Å². The number of carbonyl (C=O) groups excluding carboxylic acids is 2. The van der Waals surface area contributed by atoms with Crippen LogP contribution in [0.2, 0.25) is 0 Å². The second-order valence-electron chi connectivity index (χ2n) is 7.98. The van der Waals surface area contributed by atoms with Crippen LogP contribution in [-0.2, 0) is 9.59 Å². The van der Waals surface area contributed by atoms with E-state index in [1.54, 1.807) is 23.1 Å². The number of likely N-dealkylation sites (tertiary alicyclic amines) is 1. The molecule has 1 fully saturated rings. The molecular weight excluding hydrogens is 418 g/mol. The number of benzene rings is 3. The molecule has 0 spiro atoms. The van der Waals surface area contributed by atoms with Crippen molar-refractivity contribution >= 4 is 28.2 Å². The third-order valence-corrected chi connectivity index (χ3v) is 6.07. The van der Waals surface area contributed by atoms with Gasteiger partial charge in [0.1, 0.15) is 17.3 Å². The van der Waals surface area contributed by atoms with Crippen molar-refractivity contribution in [2.45, 2.75) is 25.8 Å². The van der Waals surface area contributed by atoms with E-state index in [-0.39, 0.29) is 11.3 Å². The maximum atomic E-state index is 13.3. The first-order valence-electron chi connectivity index (χ1n) is 11.0. The Morgan fingerprint density at radius 2 is 1.76 bits per heavy atom. The summed E-state index contributed by atoms with van der Waals surface area (Å²) in [6, 6.07) is 17.9. The number of aliphatic hydroxyl groups excluding tert-OH is 1. The van der Waals surface area contributed by atoms with Gasteiger partial charge in [-0.2, -0.15) is 0 Å². The van der Waals surface area contributed by atoms with Crippen LogP contribution >= 0.6 is 0 Å². The minimum atomic E-state index is -0.710. The van der Waals surface area contributed by atoms with Gasteiger partial charge in [-0.3, -0.25) is 9.59 Å². The maximum absolute atomic E-state index is 13.3. The van der Waals surface area contributed by atoms with E-state index in [9.17, 15) is 14.7 Å². The van der Waals surface area contributed by atoms with Gasteiger partial charge in [0.05, 0.1) is 31.4 Å². The van der Waals surface area contributed by atoms with Gasteiger partial charge in [0.15, 0.2) is 0 Å². The van der Waals surface area contributed by atoms with Gasteiger partial charge >= 0.3 is 0 Å². The molecule has 0 aliphatic carbocycles. The second kappa shape index (κ2) is 9.36. The van der Waals surface area contributed by atoms with Gasteiger partial charge in [-0.25, -0.2) is 0 Å². The summed E-state index contributed by atoms with van der Waals surface area (Å²) >= 11 is 0. The molecule has 6 nitrogen and oxygen atoms in total. The molecule has 0 saturated carbocycles. The normalized spacial score (nSPS) is 17.5. The van der Waals surface area contributed by atoms with E-state index in [0.717, 1.165) is 29.2 Å². The van der Waals surface area contributed by atoms with E-state index in [4.69, 9.17) is 9.47 Å². The number of methoxy groups -OCH3 is 2. The Morgan fingerprint density at radius 1 is 1.00 bits per heavy atom. The Balaban J connectivity index is 1.99. The molecule has 1 atom stereocenters. The lowest BCUT2D eigenvalue weighted by atomic mass is 9.91. The fourth-order valence-electron chi connectivity index (χ4n) is 4.40. The average Bonchev–Trinajstić information content (AvgIpc) is 3.10.